The van der Waals surface area contributed by atoms with E-state index in [-0.39, 0.29) is 5.56 Å². The number of aromatic carboxylic acids is 1. The SMILES string of the molecule is CC(C)(O)CN1CCN(c2cccc(C(=O)O)c2N)CC1. The first-order chi connectivity index (χ1) is 9.78. The number of piperazine rings is 1. The van der Waals surface area contributed by atoms with Gasteiger partial charge in [0.25, 0.3) is 0 Å². The number of para-hydroxylation sites is 1. The third-order valence-electron chi connectivity index (χ3n) is 3.64. The van der Waals surface area contributed by atoms with Gasteiger partial charge in [-0.05, 0) is 26.0 Å². The Labute approximate surface area is 124 Å². The maximum atomic E-state index is 11.1. The monoisotopic (exact) mass is 293 g/mol. The minimum atomic E-state index is -1.00. The smallest absolute Gasteiger partial charge is 0.337 e. The van der Waals surface area contributed by atoms with Crippen LogP contribution >= 0.6 is 0 Å². The molecule has 4 N–H and O–H groups in total. The second-order valence-electron chi connectivity index (χ2n) is 6.12. The van der Waals surface area contributed by atoms with Crippen LogP contribution in [0.3, 0.4) is 0 Å². The number of nitrogens with zero attached hydrogens (tertiary/aromatic N) is 2. The predicted octanol–water partition coefficient (Wildman–Crippen LogP) is 0.860. The first-order valence-corrected chi connectivity index (χ1v) is 7.09. The zero-order valence-corrected chi connectivity index (χ0v) is 12.5. The maximum Gasteiger partial charge on any atom is 0.337 e. The van der Waals surface area contributed by atoms with Gasteiger partial charge in [-0.3, -0.25) is 4.90 Å². The van der Waals surface area contributed by atoms with Crippen LogP contribution in [0.5, 0.6) is 0 Å². The van der Waals surface area contributed by atoms with Crippen molar-refractivity contribution in [2.75, 3.05) is 43.4 Å². The highest BCUT2D eigenvalue weighted by atomic mass is 16.4. The molecule has 0 aromatic heterocycles. The van der Waals surface area contributed by atoms with Crippen LogP contribution in [0.4, 0.5) is 11.4 Å². The van der Waals surface area contributed by atoms with Gasteiger partial charge in [-0.15, -0.1) is 0 Å². The van der Waals surface area contributed by atoms with Crippen LogP contribution in [-0.4, -0.2) is 59.4 Å². The number of nitrogen functional groups attached to an aromatic ring is 1. The lowest BCUT2D eigenvalue weighted by molar-refractivity contribution is 0.0345. The second kappa shape index (κ2) is 5.91. The normalized spacial score (nSPS) is 17.0. The van der Waals surface area contributed by atoms with Crippen molar-refractivity contribution in [1.82, 2.24) is 4.90 Å². The molecule has 1 heterocycles. The topological polar surface area (TPSA) is 90.0 Å². The summed E-state index contributed by atoms with van der Waals surface area (Å²) in [6, 6.07) is 5.09. The van der Waals surface area contributed by atoms with E-state index in [4.69, 9.17) is 10.8 Å². The molecule has 1 fully saturated rings. The van der Waals surface area contributed by atoms with Crippen molar-refractivity contribution in [3.63, 3.8) is 0 Å². The molecule has 2 rings (SSSR count). The van der Waals surface area contributed by atoms with E-state index in [9.17, 15) is 9.90 Å². The lowest BCUT2D eigenvalue weighted by Gasteiger charge is -2.38. The van der Waals surface area contributed by atoms with Crippen molar-refractivity contribution >= 4 is 17.3 Å². The number of carboxylic acids is 1. The van der Waals surface area contributed by atoms with Crippen molar-refractivity contribution in [3.05, 3.63) is 23.8 Å². The van der Waals surface area contributed by atoms with Gasteiger partial charge >= 0.3 is 5.97 Å². The molecule has 0 aliphatic carbocycles. The van der Waals surface area contributed by atoms with Crippen LogP contribution in [0, 0.1) is 0 Å². The van der Waals surface area contributed by atoms with Gasteiger partial charge in [0.1, 0.15) is 0 Å². The van der Waals surface area contributed by atoms with Crippen molar-refractivity contribution < 1.29 is 15.0 Å². The first-order valence-electron chi connectivity index (χ1n) is 7.09. The summed E-state index contributed by atoms with van der Waals surface area (Å²) in [6.45, 7) is 7.40. The molecule has 0 saturated carbocycles. The molecule has 1 aromatic carbocycles. The van der Waals surface area contributed by atoms with Crippen LogP contribution < -0.4 is 10.6 Å². The van der Waals surface area contributed by atoms with Gasteiger partial charge < -0.3 is 20.8 Å². The van der Waals surface area contributed by atoms with Gasteiger partial charge in [0.05, 0.1) is 22.5 Å². The van der Waals surface area contributed by atoms with Crippen molar-refractivity contribution in [1.29, 1.82) is 0 Å². The summed E-state index contributed by atoms with van der Waals surface area (Å²) < 4.78 is 0. The van der Waals surface area contributed by atoms with Gasteiger partial charge in [0, 0.05) is 32.7 Å². The Morgan fingerprint density at radius 2 is 1.90 bits per heavy atom. The average Bonchev–Trinajstić information content (AvgIpc) is 2.38. The van der Waals surface area contributed by atoms with Crippen LogP contribution in [0.25, 0.3) is 0 Å². The van der Waals surface area contributed by atoms with E-state index in [2.05, 4.69) is 9.80 Å². The highest BCUT2D eigenvalue weighted by Crippen LogP contribution is 2.27. The van der Waals surface area contributed by atoms with Crippen LogP contribution in [-0.2, 0) is 0 Å². The molecule has 0 radical (unpaired) electrons. The quantitative estimate of drug-likeness (QED) is 0.713. The Kier molecular flexibility index (Phi) is 4.39. The van der Waals surface area contributed by atoms with Gasteiger partial charge in [-0.2, -0.15) is 0 Å². The Morgan fingerprint density at radius 3 is 2.43 bits per heavy atom. The molecule has 21 heavy (non-hydrogen) atoms. The molecule has 116 valence electrons. The number of carboxylic acid groups (broad SMARTS) is 1. The number of aliphatic hydroxyl groups is 1. The highest BCUT2D eigenvalue weighted by Gasteiger charge is 2.24. The Balaban J connectivity index is 2.06. The third kappa shape index (κ3) is 3.86. The Morgan fingerprint density at radius 1 is 1.29 bits per heavy atom. The van der Waals surface area contributed by atoms with E-state index in [1.54, 1.807) is 19.9 Å². The standard InChI is InChI=1S/C15H23N3O3/c1-15(2,21)10-17-6-8-18(9-7-17)12-5-3-4-11(13(12)16)14(19)20/h3-5,21H,6-10,16H2,1-2H3,(H,19,20). The number of benzene rings is 1. The fourth-order valence-electron chi connectivity index (χ4n) is 2.71. The second-order valence-corrected chi connectivity index (χ2v) is 6.12. The molecule has 0 amide bonds. The lowest BCUT2D eigenvalue weighted by atomic mass is 10.1. The highest BCUT2D eigenvalue weighted by molar-refractivity contribution is 5.97. The summed E-state index contributed by atoms with van der Waals surface area (Å²) in [7, 11) is 0. The summed E-state index contributed by atoms with van der Waals surface area (Å²) in [6.07, 6.45) is 0. The number of β-amino-alcohol motifs (C(OH)–C–C–N with tert-alkyl or cyclic N) is 1. The van der Waals surface area contributed by atoms with Crippen molar-refractivity contribution in [3.8, 4) is 0 Å². The van der Waals surface area contributed by atoms with Crippen molar-refractivity contribution in [2.24, 2.45) is 0 Å². The minimum Gasteiger partial charge on any atom is -0.478 e. The molecule has 0 unspecified atom stereocenters. The Hall–Kier alpha value is -1.79. The summed E-state index contributed by atoms with van der Waals surface area (Å²) in [5.41, 5.74) is 6.51. The number of hydrogen-bond acceptors (Lipinski definition) is 5. The number of anilines is 2. The number of hydrogen-bond donors (Lipinski definition) is 3. The summed E-state index contributed by atoms with van der Waals surface area (Å²) in [5.74, 6) is -1.00. The number of rotatable bonds is 4. The predicted molar refractivity (Wildman–Crippen MR) is 82.8 cm³/mol. The van der Waals surface area contributed by atoms with Gasteiger partial charge in [-0.25, -0.2) is 4.79 Å². The van der Waals surface area contributed by atoms with E-state index >= 15 is 0 Å². The molecule has 6 heteroatoms. The first kappa shape index (κ1) is 15.6. The fourth-order valence-corrected chi connectivity index (χ4v) is 2.71. The summed E-state index contributed by atoms with van der Waals surface area (Å²) in [4.78, 5) is 15.4. The molecule has 0 atom stereocenters. The Bertz CT molecular complexity index is 517. The number of nitrogens with two attached hydrogens (primary N) is 1. The summed E-state index contributed by atoms with van der Waals surface area (Å²) >= 11 is 0. The van der Waals surface area contributed by atoms with E-state index in [1.165, 1.54) is 6.07 Å². The minimum absolute atomic E-state index is 0.145. The molecule has 1 aliphatic heterocycles. The van der Waals surface area contributed by atoms with Crippen LogP contribution in [0.15, 0.2) is 18.2 Å². The molecule has 1 saturated heterocycles. The van der Waals surface area contributed by atoms with E-state index < -0.39 is 11.6 Å². The zero-order chi connectivity index (χ0) is 15.6. The third-order valence-corrected chi connectivity index (χ3v) is 3.64. The summed E-state index contributed by atoms with van der Waals surface area (Å²) in [5, 5.41) is 19.0. The molecule has 0 spiro atoms. The van der Waals surface area contributed by atoms with Gasteiger partial charge in [0.15, 0.2) is 0 Å². The largest absolute Gasteiger partial charge is 0.478 e. The molecule has 0 bridgehead atoms. The maximum absolute atomic E-state index is 11.1. The lowest BCUT2D eigenvalue weighted by Crippen LogP contribution is -2.50. The molecule has 6 nitrogen and oxygen atoms in total. The molecule has 1 aromatic rings. The molecule has 1 aliphatic rings. The molecular formula is C15H23N3O3. The van der Waals surface area contributed by atoms with Crippen LogP contribution in [0.1, 0.15) is 24.2 Å². The molecular weight excluding hydrogens is 270 g/mol. The van der Waals surface area contributed by atoms with Crippen molar-refractivity contribution in [2.45, 2.75) is 19.4 Å². The number of carbonyl (C=O) groups is 1. The van der Waals surface area contributed by atoms with E-state index in [0.717, 1.165) is 31.9 Å². The van der Waals surface area contributed by atoms with Gasteiger partial charge in [0.2, 0.25) is 0 Å². The fraction of sp³-hybridized carbons (Fsp3) is 0.533. The van der Waals surface area contributed by atoms with E-state index in [1.807, 2.05) is 6.07 Å². The van der Waals surface area contributed by atoms with Crippen LogP contribution in [0.2, 0.25) is 0 Å². The van der Waals surface area contributed by atoms with E-state index in [0.29, 0.717) is 12.2 Å². The zero-order valence-electron chi connectivity index (χ0n) is 12.5. The van der Waals surface area contributed by atoms with Gasteiger partial charge in [-0.1, -0.05) is 6.07 Å². The average molecular weight is 293 g/mol.